The molecule has 3 aromatic rings. The number of aliphatic hydroxyl groups excluding tert-OH is 1. The lowest BCUT2D eigenvalue weighted by molar-refractivity contribution is -0.140. The summed E-state index contributed by atoms with van der Waals surface area (Å²) in [5, 5.41) is 20.9. The highest BCUT2D eigenvalue weighted by atomic mass is 16.5. The van der Waals surface area contributed by atoms with E-state index in [0.29, 0.717) is 16.9 Å². The minimum atomic E-state index is -0.884. The zero-order valence-corrected chi connectivity index (χ0v) is 16.1. The van der Waals surface area contributed by atoms with Crippen LogP contribution < -0.4 is 4.74 Å². The maximum absolute atomic E-state index is 12.9. The molecule has 1 aliphatic rings. The summed E-state index contributed by atoms with van der Waals surface area (Å²) in [7, 11) is 1.41. The number of ether oxygens (including phenoxy) is 1. The third-order valence-electron chi connectivity index (χ3n) is 5.01. The minimum Gasteiger partial charge on any atom is -0.507 e. The lowest BCUT2D eigenvalue weighted by atomic mass is 9.95. The summed E-state index contributed by atoms with van der Waals surface area (Å²) in [6.07, 6.45) is 1.48. The van der Waals surface area contributed by atoms with E-state index >= 15 is 0 Å². The van der Waals surface area contributed by atoms with Crippen LogP contribution in [0.4, 0.5) is 0 Å². The Morgan fingerprint density at radius 1 is 1.10 bits per heavy atom. The highest BCUT2D eigenvalue weighted by Gasteiger charge is 2.46. The Balaban J connectivity index is 1.89. The first kappa shape index (κ1) is 19.3. The number of ketones is 1. The van der Waals surface area contributed by atoms with Crippen LogP contribution in [-0.2, 0) is 16.1 Å². The van der Waals surface area contributed by atoms with Crippen LogP contribution in [0, 0.1) is 0 Å². The Hall–Kier alpha value is -4.00. The molecule has 1 aromatic heterocycles. The van der Waals surface area contributed by atoms with Crippen molar-refractivity contribution in [3.63, 3.8) is 0 Å². The number of phenols is 1. The van der Waals surface area contributed by atoms with Gasteiger partial charge in [0.2, 0.25) is 0 Å². The first-order chi connectivity index (χ1) is 14.5. The van der Waals surface area contributed by atoms with E-state index in [9.17, 15) is 19.8 Å². The van der Waals surface area contributed by atoms with Crippen molar-refractivity contribution in [1.29, 1.82) is 0 Å². The Kier molecular flexibility index (Phi) is 5.02. The molecule has 0 aliphatic carbocycles. The highest BCUT2D eigenvalue weighted by molar-refractivity contribution is 6.46. The average Bonchev–Trinajstić information content (AvgIpc) is 3.37. The van der Waals surface area contributed by atoms with Crippen LogP contribution in [-0.4, -0.2) is 33.9 Å². The van der Waals surface area contributed by atoms with Crippen molar-refractivity contribution in [3.8, 4) is 11.5 Å². The number of Topliss-reactive ketones (excluding diaryl/α,β-unsaturated/α-hetero) is 1. The van der Waals surface area contributed by atoms with E-state index in [1.807, 2.05) is 0 Å². The largest absolute Gasteiger partial charge is 0.507 e. The number of phenolic OH excluding ortho intramolecular Hbond substituents is 1. The summed E-state index contributed by atoms with van der Waals surface area (Å²) in [5.74, 6) is -1.20. The van der Waals surface area contributed by atoms with E-state index in [1.165, 1.54) is 24.3 Å². The normalized spacial score (nSPS) is 18.0. The number of hydrogen-bond acceptors (Lipinski definition) is 6. The van der Waals surface area contributed by atoms with E-state index < -0.39 is 17.7 Å². The molecule has 1 fully saturated rings. The van der Waals surface area contributed by atoms with Crippen LogP contribution in [0.15, 0.2) is 76.9 Å². The van der Waals surface area contributed by atoms with Crippen molar-refractivity contribution in [3.05, 3.63) is 89.4 Å². The highest BCUT2D eigenvalue weighted by Crippen LogP contribution is 2.42. The van der Waals surface area contributed by atoms with Gasteiger partial charge in [-0.25, -0.2) is 0 Å². The second-order valence-corrected chi connectivity index (χ2v) is 6.80. The summed E-state index contributed by atoms with van der Waals surface area (Å²) in [4.78, 5) is 27.2. The zero-order valence-electron chi connectivity index (χ0n) is 16.1. The number of aromatic hydroxyl groups is 1. The number of aliphatic hydroxyl groups is 1. The first-order valence-corrected chi connectivity index (χ1v) is 9.24. The molecule has 0 saturated carbocycles. The molecule has 0 bridgehead atoms. The standard InChI is InChI=1S/C23H19NO6/c1-29-18-12-15(9-10-17(18)25)20-19(21(26)14-6-3-2-4-7-14)22(27)23(28)24(20)13-16-8-5-11-30-16/h2-12,20,25-26H,13H2,1H3/t20-/m0/s1. The van der Waals surface area contributed by atoms with Crippen molar-refractivity contribution in [1.82, 2.24) is 4.90 Å². The fraction of sp³-hybridized carbons (Fsp3) is 0.130. The number of nitrogens with zero attached hydrogens (tertiary/aromatic N) is 1. The second kappa shape index (κ2) is 7.79. The molecular weight excluding hydrogens is 386 g/mol. The third-order valence-corrected chi connectivity index (χ3v) is 5.01. The average molecular weight is 405 g/mol. The quantitative estimate of drug-likeness (QED) is 0.382. The molecule has 0 unspecified atom stereocenters. The van der Waals surface area contributed by atoms with Crippen molar-refractivity contribution in [2.24, 2.45) is 0 Å². The van der Waals surface area contributed by atoms with Crippen LogP contribution >= 0.6 is 0 Å². The van der Waals surface area contributed by atoms with Gasteiger partial charge in [-0.2, -0.15) is 0 Å². The van der Waals surface area contributed by atoms with Gasteiger partial charge < -0.3 is 24.3 Å². The van der Waals surface area contributed by atoms with E-state index in [-0.39, 0.29) is 29.4 Å². The Bertz CT molecular complexity index is 1120. The number of methoxy groups -OCH3 is 1. The Morgan fingerprint density at radius 3 is 2.53 bits per heavy atom. The lowest BCUT2D eigenvalue weighted by Crippen LogP contribution is -2.29. The molecule has 1 aliphatic heterocycles. The van der Waals surface area contributed by atoms with Crippen LogP contribution in [0.3, 0.4) is 0 Å². The van der Waals surface area contributed by atoms with Crippen LogP contribution in [0.25, 0.3) is 5.76 Å². The first-order valence-electron chi connectivity index (χ1n) is 9.24. The van der Waals surface area contributed by atoms with Gasteiger partial charge in [-0.1, -0.05) is 36.4 Å². The monoisotopic (exact) mass is 405 g/mol. The number of hydrogen-bond donors (Lipinski definition) is 2. The molecule has 0 radical (unpaired) electrons. The van der Waals surface area contributed by atoms with Crippen LogP contribution in [0.5, 0.6) is 11.5 Å². The molecule has 1 atom stereocenters. The van der Waals surface area contributed by atoms with Gasteiger partial charge in [-0.3, -0.25) is 9.59 Å². The minimum absolute atomic E-state index is 0.0366. The summed E-state index contributed by atoms with van der Waals surface area (Å²) < 4.78 is 10.5. The summed E-state index contributed by atoms with van der Waals surface area (Å²) in [6.45, 7) is 0.0387. The SMILES string of the molecule is COc1cc([C@H]2C(=C(O)c3ccccc3)C(=O)C(=O)N2Cc2ccco2)ccc1O. The number of amides is 1. The molecule has 2 heterocycles. The summed E-state index contributed by atoms with van der Waals surface area (Å²) in [5.41, 5.74) is 0.891. The summed E-state index contributed by atoms with van der Waals surface area (Å²) in [6, 6.07) is 15.6. The van der Waals surface area contributed by atoms with Gasteiger partial charge in [0.25, 0.3) is 11.7 Å². The van der Waals surface area contributed by atoms with Crippen molar-refractivity contribution in [2.45, 2.75) is 12.6 Å². The molecule has 2 N–H and O–H groups in total. The van der Waals surface area contributed by atoms with Crippen LogP contribution in [0.1, 0.15) is 22.9 Å². The third kappa shape index (κ3) is 3.30. The molecule has 1 saturated heterocycles. The van der Waals surface area contributed by atoms with Gasteiger partial charge in [-0.15, -0.1) is 0 Å². The van der Waals surface area contributed by atoms with Gasteiger partial charge >= 0.3 is 0 Å². The van der Waals surface area contributed by atoms with Crippen LogP contribution in [0.2, 0.25) is 0 Å². The molecule has 0 spiro atoms. The number of likely N-dealkylation sites (tertiary alicyclic amines) is 1. The second-order valence-electron chi connectivity index (χ2n) is 6.80. The van der Waals surface area contributed by atoms with Gasteiger partial charge in [0, 0.05) is 5.56 Å². The zero-order chi connectivity index (χ0) is 21.3. The molecule has 7 nitrogen and oxygen atoms in total. The number of furan rings is 1. The van der Waals surface area contributed by atoms with Gasteiger partial charge in [0.05, 0.1) is 31.5 Å². The fourth-order valence-corrected chi connectivity index (χ4v) is 3.58. The molecule has 152 valence electrons. The smallest absolute Gasteiger partial charge is 0.296 e. The molecule has 30 heavy (non-hydrogen) atoms. The van der Waals surface area contributed by atoms with Gasteiger partial charge in [0.1, 0.15) is 11.5 Å². The van der Waals surface area contributed by atoms with E-state index in [1.54, 1.807) is 54.6 Å². The molecule has 1 amide bonds. The predicted molar refractivity (Wildman–Crippen MR) is 108 cm³/mol. The summed E-state index contributed by atoms with van der Waals surface area (Å²) >= 11 is 0. The lowest BCUT2D eigenvalue weighted by Gasteiger charge is -2.25. The van der Waals surface area contributed by atoms with E-state index in [4.69, 9.17) is 9.15 Å². The number of benzene rings is 2. The van der Waals surface area contributed by atoms with Gasteiger partial charge in [0.15, 0.2) is 11.5 Å². The number of carbonyl (C=O) groups excluding carboxylic acids is 2. The fourth-order valence-electron chi connectivity index (χ4n) is 3.58. The molecule has 7 heteroatoms. The van der Waals surface area contributed by atoms with Gasteiger partial charge in [-0.05, 0) is 29.8 Å². The maximum Gasteiger partial charge on any atom is 0.296 e. The van der Waals surface area contributed by atoms with Crippen molar-refractivity contribution >= 4 is 17.4 Å². The van der Waals surface area contributed by atoms with Crippen molar-refractivity contribution in [2.75, 3.05) is 7.11 Å². The Labute approximate surface area is 172 Å². The van der Waals surface area contributed by atoms with Crippen molar-refractivity contribution < 1.29 is 29.0 Å². The molecule has 4 rings (SSSR count). The maximum atomic E-state index is 12.9. The molecular formula is C23H19NO6. The molecule has 2 aromatic carbocycles. The van der Waals surface area contributed by atoms with E-state index in [0.717, 1.165) is 0 Å². The number of rotatable bonds is 5. The van der Waals surface area contributed by atoms with E-state index in [2.05, 4.69) is 0 Å². The number of carbonyl (C=O) groups is 2. The predicted octanol–water partition coefficient (Wildman–Crippen LogP) is 3.62. The topological polar surface area (TPSA) is 100 Å². The Morgan fingerprint density at radius 2 is 1.87 bits per heavy atom.